The van der Waals surface area contributed by atoms with Crippen molar-refractivity contribution in [3.8, 4) is 0 Å². The van der Waals surface area contributed by atoms with Gasteiger partial charge in [-0.05, 0) is 36.0 Å². The van der Waals surface area contributed by atoms with E-state index in [1.807, 2.05) is 30.3 Å². The van der Waals surface area contributed by atoms with E-state index in [9.17, 15) is 4.79 Å². The molecular weight excluding hydrogens is 260 g/mol. The van der Waals surface area contributed by atoms with Crippen LogP contribution in [-0.4, -0.2) is 11.9 Å². The van der Waals surface area contributed by atoms with Gasteiger partial charge < -0.3 is 11.1 Å². The van der Waals surface area contributed by atoms with Gasteiger partial charge in [-0.3, -0.25) is 4.79 Å². The van der Waals surface area contributed by atoms with Crippen LogP contribution in [0.3, 0.4) is 0 Å². The fraction of sp³-hybridized carbons (Fsp3) is 0.278. The Labute approximate surface area is 125 Å². The van der Waals surface area contributed by atoms with Gasteiger partial charge in [-0.25, -0.2) is 0 Å². The van der Waals surface area contributed by atoms with E-state index < -0.39 is 6.04 Å². The summed E-state index contributed by atoms with van der Waals surface area (Å²) in [6.45, 7) is 0. The van der Waals surface area contributed by atoms with Crippen LogP contribution in [0.2, 0.25) is 0 Å². The van der Waals surface area contributed by atoms with E-state index in [0.29, 0.717) is 0 Å². The Bertz CT molecular complexity index is 624. The maximum atomic E-state index is 12.3. The van der Waals surface area contributed by atoms with Crippen molar-refractivity contribution < 1.29 is 4.79 Å². The molecule has 2 aromatic carbocycles. The summed E-state index contributed by atoms with van der Waals surface area (Å²) in [6, 6.07) is 17.5. The van der Waals surface area contributed by atoms with E-state index in [1.165, 1.54) is 11.1 Å². The number of nitrogens with two attached hydrogens (primary N) is 1. The minimum Gasteiger partial charge on any atom is -0.351 e. The van der Waals surface area contributed by atoms with Crippen molar-refractivity contribution in [3.05, 3.63) is 71.3 Å². The van der Waals surface area contributed by atoms with Crippen molar-refractivity contribution in [1.82, 2.24) is 5.32 Å². The molecule has 1 unspecified atom stereocenters. The monoisotopic (exact) mass is 280 g/mol. The summed E-state index contributed by atoms with van der Waals surface area (Å²) < 4.78 is 0. The van der Waals surface area contributed by atoms with Gasteiger partial charge in [0.15, 0.2) is 0 Å². The third-order valence-corrected chi connectivity index (χ3v) is 4.13. The van der Waals surface area contributed by atoms with Gasteiger partial charge in [0.1, 0.15) is 6.04 Å². The summed E-state index contributed by atoms with van der Waals surface area (Å²) in [5.41, 5.74) is 9.63. The molecule has 3 heteroatoms. The average Bonchev–Trinajstić information content (AvgIpc) is 2.55. The minimum atomic E-state index is -0.594. The molecule has 0 aliphatic heterocycles. The zero-order chi connectivity index (χ0) is 14.7. The Morgan fingerprint density at radius 1 is 1.05 bits per heavy atom. The second-order valence-corrected chi connectivity index (χ2v) is 5.61. The van der Waals surface area contributed by atoms with Crippen LogP contribution in [-0.2, 0) is 17.6 Å². The number of hydrogen-bond donors (Lipinski definition) is 2. The van der Waals surface area contributed by atoms with Crippen molar-refractivity contribution in [2.24, 2.45) is 5.73 Å². The van der Waals surface area contributed by atoms with Gasteiger partial charge in [-0.1, -0.05) is 54.6 Å². The summed E-state index contributed by atoms with van der Waals surface area (Å²) in [5.74, 6) is -0.0921. The maximum Gasteiger partial charge on any atom is 0.241 e. The number of fused-ring (bicyclic) bond motifs is 1. The first-order chi connectivity index (χ1) is 10.2. The highest BCUT2D eigenvalue weighted by Gasteiger charge is 2.23. The molecule has 1 aliphatic rings. The largest absolute Gasteiger partial charge is 0.351 e. The lowest BCUT2D eigenvalue weighted by Gasteiger charge is -2.26. The number of benzene rings is 2. The maximum absolute atomic E-state index is 12.3. The van der Waals surface area contributed by atoms with Gasteiger partial charge in [-0.15, -0.1) is 0 Å². The van der Waals surface area contributed by atoms with Crippen molar-refractivity contribution in [3.63, 3.8) is 0 Å². The van der Waals surface area contributed by atoms with E-state index in [4.69, 9.17) is 5.73 Å². The van der Waals surface area contributed by atoms with Crippen LogP contribution < -0.4 is 11.1 Å². The Kier molecular flexibility index (Phi) is 4.02. The predicted molar refractivity (Wildman–Crippen MR) is 83.8 cm³/mol. The highest BCUT2D eigenvalue weighted by atomic mass is 16.2. The molecule has 0 spiro atoms. The first-order valence-electron chi connectivity index (χ1n) is 7.42. The van der Waals surface area contributed by atoms with E-state index >= 15 is 0 Å². The van der Waals surface area contributed by atoms with Crippen molar-refractivity contribution in [1.29, 1.82) is 0 Å². The van der Waals surface area contributed by atoms with E-state index in [0.717, 1.165) is 24.8 Å². The van der Waals surface area contributed by atoms with Gasteiger partial charge >= 0.3 is 0 Å². The number of carbonyl (C=O) groups is 1. The molecule has 3 N–H and O–H groups in total. The van der Waals surface area contributed by atoms with Crippen LogP contribution in [0, 0.1) is 0 Å². The van der Waals surface area contributed by atoms with Crippen LogP contribution in [0.15, 0.2) is 54.6 Å². The van der Waals surface area contributed by atoms with Gasteiger partial charge in [0, 0.05) is 6.04 Å². The fourth-order valence-corrected chi connectivity index (χ4v) is 2.92. The van der Waals surface area contributed by atoms with Gasteiger partial charge in [0.25, 0.3) is 0 Å². The number of amides is 1. The second-order valence-electron chi connectivity index (χ2n) is 5.61. The SMILES string of the molecule is N[C@@H](C(=O)NC1CCc2ccccc2C1)c1ccccc1. The minimum absolute atomic E-state index is 0.0921. The van der Waals surface area contributed by atoms with Crippen LogP contribution in [0.1, 0.15) is 29.2 Å². The molecule has 108 valence electrons. The number of nitrogens with one attached hydrogen (secondary N) is 1. The molecule has 0 saturated heterocycles. The molecule has 21 heavy (non-hydrogen) atoms. The smallest absolute Gasteiger partial charge is 0.241 e. The lowest BCUT2D eigenvalue weighted by Crippen LogP contribution is -2.43. The molecule has 2 aromatic rings. The van der Waals surface area contributed by atoms with Gasteiger partial charge in [0.2, 0.25) is 5.91 Å². The molecule has 0 aromatic heterocycles. The van der Waals surface area contributed by atoms with Crippen molar-refractivity contribution >= 4 is 5.91 Å². The third-order valence-electron chi connectivity index (χ3n) is 4.13. The topological polar surface area (TPSA) is 55.1 Å². The fourth-order valence-electron chi connectivity index (χ4n) is 2.92. The Morgan fingerprint density at radius 2 is 1.71 bits per heavy atom. The van der Waals surface area contributed by atoms with Crippen LogP contribution in [0.25, 0.3) is 0 Å². The van der Waals surface area contributed by atoms with Crippen LogP contribution in [0.4, 0.5) is 0 Å². The molecule has 0 radical (unpaired) electrons. The quantitative estimate of drug-likeness (QED) is 0.907. The summed E-state index contributed by atoms with van der Waals surface area (Å²) >= 11 is 0. The molecule has 0 bridgehead atoms. The Hall–Kier alpha value is -2.13. The van der Waals surface area contributed by atoms with Gasteiger partial charge in [0.05, 0.1) is 0 Å². The van der Waals surface area contributed by atoms with E-state index in [1.54, 1.807) is 0 Å². The Morgan fingerprint density at radius 3 is 2.48 bits per heavy atom. The number of hydrogen-bond acceptors (Lipinski definition) is 2. The molecule has 0 saturated carbocycles. The summed E-state index contributed by atoms with van der Waals surface area (Å²) in [5, 5.41) is 3.09. The third kappa shape index (κ3) is 3.14. The molecule has 0 fully saturated rings. The average molecular weight is 280 g/mol. The number of carbonyl (C=O) groups excluding carboxylic acids is 1. The molecule has 1 amide bonds. The highest BCUT2D eigenvalue weighted by molar-refractivity contribution is 5.83. The lowest BCUT2D eigenvalue weighted by atomic mass is 9.88. The lowest BCUT2D eigenvalue weighted by molar-refractivity contribution is -0.123. The summed E-state index contributed by atoms with van der Waals surface area (Å²) in [4.78, 5) is 12.3. The zero-order valence-electron chi connectivity index (χ0n) is 12.0. The molecule has 0 heterocycles. The van der Waals surface area contributed by atoms with Crippen molar-refractivity contribution in [2.75, 3.05) is 0 Å². The molecule has 2 atom stereocenters. The van der Waals surface area contributed by atoms with E-state index in [-0.39, 0.29) is 11.9 Å². The molecule has 3 nitrogen and oxygen atoms in total. The van der Waals surface area contributed by atoms with Crippen molar-refractivity contribution in [2.45, 2.75) is 31.3 Å². The second kappa shape index (κ2) is 6.10. The molecule has 1 aliphatic carbocycles. The summed E-state index contributed by atoms with van der Waals surface area (Å²) in [7, 11) is 0. The standard InChI is InChI=1S/C18H20N2O/c19-17(14-7-2-1-3-8-14)18(21)20-16-11-10-13-6-4-5-9-15(13)12-16/h1-9,16-17H,10-12,19H2,(H,20,21)/t16?,17-/m1/s1. The van der Waals surface area contributed by atoms with Crippen LogP contribution in [0.5, 0.6) is 0 Å². The first kappa shape index (κ1) is 13.8. The highest BCUT2D eigenvalue weighted by Crippen LogP contribution is 2.21. The Balaban J connectivity index is 1.64. The molecular formula is C18H20N2O. The van der Waals surface area contributed by atoms with E-state index in [2.05, 4.69) is 29.6 Å². The number of aryl methyl sites for hydroxylation is 1. The van der Waals surface area contributed by atoms with Gasteiger partial charge in [-0.2, -0.15) is 0 Å². The first-order valence-corrected chi connectivity index (χ1v) is 7.42. The normalized spacial score (nSPS) is 18.6. The molecule has 3 rings (SSSR count). The zero-order valence-corrected chi connectivity index (χ0v) is 12.0. The summed E-state index contributed by atoms with van der Waals surface area (Å²) in [6.07, 6.45) is 2.88. The predicted octanol–water partition coefficient (Wildman–Crippen LogP) is 2.36. The number of rotatable bonds is 3. The van der Waals surface area contributed by atoms with Crippen LogP contribution >= 0.6 is 0 Å².